The molecule has 45 heavy (non-hydrogen) atoms. The predicted molar refractivity (Wildman–Crippen MR) is 199 cm³/mol. The molecule has 0 saturated carbocycles. The number of rotatable bonds is 17. The second kappa shape index (κ2) is 37.9. The SMILES string of the molecule is CC(=CCO)CCC(C)=CCC/C(C)=C/CC/C(C)=C/CC/C(C)=C/CO.CC(C)=CCO.CC(C)=CCO.CC(C)=CCO. The maximum Gasteiger partial charge on any atom is 0.0614 e. The van der Waals surface area contributed by atoms with E-state index in [-0.39, 0.29) is 33.0 Å². The number of aliphatic hydroxyl groups is 5. The van der Waals surface area contributed by atoms with E-state index < -0.39 is 0 Å². The molecule has 0 aromatic heterocycles. The van der Waals surface area contributed by atoms with Crippen LogP contribution in [-0.4, -0.2) is 58.6 Å². The third-order valence-corrected chi connectivity index (χ3v) is 6.39. The highest BCUT2D eigenvalue weighted by atomic mass is 16.3. The van der Waals surface area contributed by atoms with Crippen LogP contribution in [0, 0.1) is 0 Å². The topological polar surface area (TPSA) is 101 Å². The Morgan fingerprint density at radius 1 is 0.289 bits per heavy atom. The molecule has 0 saturated heterocycles. The Balaban J connectivity index is -0.000000375. The van der Waals surface area contributed by atoms with Crippen molar-refractivity contribution in [1.29, 1.82) is 0 Å². The van der Waals surface area contributed by atoms with E-state index in [2.05, 4.69) is 52.8 Å². The van der Waals surface area contributed by atoms with Crippen LogP contribution in [0.1, 0.15) is 128 Å². The Bertz CT molecular complexity index is 885. The van der Waals surface area contributed by atoms with Gasteiger partial charge < -0.3 is 25.5 Å². The third-order valence-electron chi connectivity index (χ3n) is 6.39. The van der Waals surface area contributed by atoms with Crippen molar-refractivity contribution in [2.45, 2.75) is 128 Å². The molecule has 0 aliphatic carbocycles. The van der Waals surface area contributed by atoms with Crippen molar-refractivity contribution in [3.63, 3.8) is 0 Å². The summed E-state index contributed by atoms with van der Waals surface area (Å²) >= 11 is 0. The Kier molecular flexibility index (Phi) is 41.8. The fraction of sp³-hybridized carbons (Fsp3) is 0.600. The lowest BCUT2D eigenvalue weighted by Crippen LogP contribution is -1.85. The van der Waals surface area contributed by atoms with Crippen LogP contribution in [0.2, 0.25) is 0 Å². The van der Waals surface area contributed by atoms with Crippen molar-refractivity contribution in [2.75, 3.05) is 33.0 Å². The maximum absolute atomic E-state index is 8.88. The molecule has 0 radical (unpaired) electrons. The van der Waals surface area contributed by atoms with Gasteiger partial charge in [-0.05, 0) is 128 Å². The molecule has 0 unspecified atom stereocenters. The van der Waals surface area contributed by atoms with Crippen molar-refractivity contribution >= 4 is 0 Å². The zero-order valence-corrected chi connectivity index (χ0v) is 31.0. The van der Waals surface area contributed by atoms with Gasteiger partial charge in [0.2, 0.25) is 0 Å². The molecule has 0 aromatic carbocycles. The van der Waals surface area contributed by atoms with Crippen LogP contribution in [-0.2, 0) is 0 Å². The van der Waals surface area contributed by atoms with E-state index in [0.29, 0.717) is 0 Å². The largest absolute Gasteiger partial charge is 0.392 e. The molecule has 5 heteroatoms. The summed E-state index contributed by atoms with van der Waals surface area (Å²) in [4.78, 5) is 0. The molecule has 0 atom stereocenters. The van der Waals surface area contributed by atoms with Gasteiger partial charge in [-0.1, -0.05) is 93.2 Å². The van der Waals surface area contributed by atoms with E-state index >= 15 is 0 Å². The summed E-state index contributed by atoms with van der Waals surface area (Å²) in [5.41, 5.74) is 10.4. The van der Waals surface area contributed by atoms with Crippen LogP contribution in [0.5, 0.6) is 0 Å². The first-order valence-electron chi connectivity index (χ1n) is 16.4. The molecular formula is C40H72O5. The summed E-state index contributed by atoms with van der Waals surface area (Å²) in [6.07, 6.45) is 24.9. The molecule has 262 valence electrons. The summed E-state index contributed by atoms with van der Waals surface area (Å²) in [6.45, 7) is 23.3. The fourth-order valence-corrected chi connectivity index (χ4v) is 3.40. The molecule has 5 nitrogen and oxygen atoms in total. The fourth-order valence-electron chi connectivity index (χ4n) is 3.40. The van der Waals surface area contributed by atoms with Crippen molar-refractivity contribution in [3.8, 4) is 0 Å². The van der Waals surface area contributed by atoms with Gasteiger partial charge in [0.15, 0.2) is 0 Å². The lowest BCUT2D eigenvalue weighted by molar-refractivity contribution is 0.341. The summed E-state index contributed by atoms with van der Waals surface area (Å²) < 4.78 is 0. The lowest BCUT2D eigenvalue weighted by Gasteiger charge is -2.04. The first-order chi connectivity index (χ1) is 21.2. The average molecular weight is 633 g/mol. The molecule has 0 aliphatic rings. The lowest BCUT2D eigenvalue weighted by atomic mass is 10.0. The predicted octanol–water partition coefficient (Wildman–Crippen LogP) is 9.66. The van der Waals surface area contributed by atoms with Gasteiger partial charge in [-0.3, -0.25) is 0 Å². The summed E-state index contributed by atoms with van der Waals surface area (Å²) in [6, 6.07) is 0. The van der Waals surface area contributed by atoms with E-state index in [1.54, 1.807) is 18.2 Å². The minimum absolute atomic E-state index is 0.146. The first kappa shape index (κ1) is 49.6. The Labute approximate surface area is 278 Å². The van der Waals surface area contributed by atoms with E-state index in [1.807, 2.05) is 53.7 Å². The van der Waals surface area contributed by atoms with E-state index in [0.717, 1.165) is 68.1 Å². The first-order valence-corrected chi connectivity index (χ1v) is 16.4. The zero-order valence-electron chi connectivity index (χ0n) is 31.0. The molecule has 0 bridgehead atoms. The minimum atomic E-state index is 0.146. The maximum atomic E-state index is 8.88. The molecular weight excluding hydrogens is 560 g/mol. The van der Waals surface area contributed by atoms with Crippen LogP contribution in [0.15, 0.2) is 93.2 Å². The third kappa shape index (κ3) is 51.6. The van der Waals surface area contributed by atoms with E-state index in [1.165, 1.54) is 27.9 Å². The Morgan fingerprint density at radius 3 is 0.689 bits per heavy atom. The molecule has 0 rings (SSSR count). The number of allylic oxidation sites excluding steroid dienone is 11. The minimum Gasteiger partial charge on any atom is -0.392 e. The van der Waals surface area contributed by atoms with Crippen LogP contribution in [0.4, 0.5) is 0 Å². The van der Waals surface area contributed by atoms with Crippen LogP contribution < -0.4 is 0 Å². The van der Waals surface area contributed by atoms with Crippen molar-refractivity contribution in [1.82, 2.24) is 0 Å². The van der Waals surface area contributed by atoms with Gasteiger partial charge in [0.05, 0.1) is 33.0 Å². The van der Waals surface area contributed by atoms with Gasteiger partial charge in [-0.2, -0.15) is 0 Å². The second-order valence-electron chi connectivity index (χ2n) is 12.1. The zero-order chi connectivity index (χ0) is 35.5. The number of hydrogen-bond acceptors (Lipinski definition) is 5. The highest BCUT2D eigenvalue weighted by Crippen LogP contribution is 2.15. The normalized spacial score (nSPS) is 12.0. The second-order valence-corrected chi connectivity index (χ2v) is 12.1. The van der Waals surface area contributed by atoms with E-state index in [4.69, 9.17) is 25.5 Å². The molecule has 5 N–H and O–H groups in total. The molecule has 0 heterocycles. The van der Waals surface area contributed by atoms with Gasteiger partial charge in [0, 0.05) is 0 Å². The summed E-state index contributed by atoms with van der Waals surface area (Å²) in [5, 5.41) is 42.2. The number of hydrogen-bond donors (Lipinski definition) is 5. The Morgan fingerprint density at radius 2 is 0.489 bits per heavy atom. The van der Waals surface area contributed by atoms with Crippen molar-refractivity contribution in [2.24, 2.45) is 0 Å². The van der Waals surface area contributed by atoms with Crippen molar-refractivity contribution < 1.29 is 25.5 Å². The van der Waals surface area contributed by atoms with Crippen LogP contribution in [0.3, 0.4) is 0 Å². The molecule has 0 aliphatic heterocycles. The highest BCUT2D eigenvalue weighted by Gasteiger charge is 1.95. The average Bonchev–Trinajstić information content (AvgIpc) is 2.93. The van der Waals surface area contributed by atoms with Gasteiger partial charge in [-0.15, -0.1) is 0 Å². The molecule has 0 spiro atoms. The van der Waals surface area contributed by atoms with Crippen LogP contribution >= 0.6 is 0 Å². The number of aliphatic hydroxyl groups excluding tert-OH is 5. The highest BCUT2D eigenvalue weighted by molar-refractivity contribution is 5.09. The molecule has 0 aromatic rings. The summed E-state index contributed by atoms with van der Waals surface area (Å²) in [5.74, 6) is 0. The van der Waals surface area contributed by atoms with Crippen LogP contribution in [0.25, 0.3) is 0 Å². The monoisotopic (exact) mass is 633 g/mol. The molecule has 0 amide bonds. The van der Waals surface area contributed by atoms with Gasteiger partial charge in [0.25, 0.3) is 0 Å². The quantitative estimate of drug-likeness (QED) is 0.103. The Hall–Kier alpha value is -2.28. The smallest absolute Gasteiger partial charge is 0.0614 e. The van der Waals surface area contributed by atoms with Gasteiger partial charge in [0.1, 0.15) is 0 Å². The summed E-state index contributed by atoms with van der Waals surface area (Å²) in [7, 11) is 0. The standard InChI is InChI=1S/C25H42O2.3C5H10O/c1-21(11-7-13-23(3)15-16-25(5)18-20-27)9-6-10-22(2)12-8-14-24(4)17-19-26;3*1-5(2)3-4-6/h9,12-13,17-18,26-27H,6-8,10-11,14-16,19-20H2,1-5H3;3*3,6H,4H2,1-2H3/b21-9+,22-12+,23-13?,24-17+,25-18?;;;. The molecule has 0 fully saturated rings. The van der Waals surface area contributed by atoms with Gasteiger partial charge >= 0.3 is 0 Å². The van der Waals surface area contributed by atoms with Crippen molar-refractivity contribution in [3.05, 3.63) is 93.2 Å². The van der Waals surface area contributed by atoms with E-state index in [9.17, 15) is 0 Å². The van der Waals surface area contributed by atoms with Gasteiger partial charge in [-0.25, -0.2) is 0 Å².